The molecule has 7 nitrogen and oxygen atoms in total. The van der Waals surface area contributed by atoms with Crippen molar-refractivity contribution >= 4 is 23.7 Å². The molecule has 1 N–H and O–H groups in total. The minimum atomic E-state index is -0.0352. The first kappa shape index (κ1) is 20.7. The van der Waals surface area contributed by atoms with E-state index in [4.69, 9.17) is 9.47 Å². The number of hydrogen-bond acceptors (Lipinski definition) is 5. The lowest BCUT2D eigenvalue weighted by atomic mass is 10.0. The number of amides is 2. The molecule has 2 aromatic rings. The molecule has 0 bridgehead atoms. The first-order valence-electron chi connectivity index (χ1n) is 10.3. The second-order valence-electron chi connectivity index (χ2n) is 7.49. The Bertz CT molecular complexity index is 1040. The third-order valence-corrected chi connectivity index (χ3v) is 5.38. The summed E-state index contributed by atoms with van der Waals surface area (Å²) in [5.74, 6) is 1.99. The number of fused-ring (bicyclic) bond motifs is 1. The van der Waals surface area contributed by atoms with Gasteiger partial charge in [-0.25, -0.2) is 4.98 Å². The highest BCUT2D eigenvalue weighted by Crippen LogP contribution is 2.27. The summed E-state index contributed by atoms with van der Waals surface area (Å²) in [5, 5.41) is 2.76. The molecule has 1 aromatic heterocycles. The summed E-state index contributed by atoms with van der Waals surface area (Å²) in [6, 6.07) is 9.53. The monoisotopic (exact) mass is 419 g/mol. The molecule has 0 fully saturated rings. The van der Waals surface area contributed by atoms with Crippen LogP contribution in [0, 0.1) is 0 Å². The predicted octanol–water partition coefficient (Wildman–Crippen LogP) is 3.23. The maximum atomic E-state index is 12.6. The van der Waals surface area contributed by atoms with E-state index in [1.807, 2.05) is 36.4 Å². The molecular formula is C24H25N3O4. The quantitative estimate of drug-likeness (QED) is 0.574. The van der Waals surface area contributed by atoms with Crippen molar-refractivity contribution in [3.8, 4) is 11.5 Å². The summed E-state index contributed by atoms with van der Waals surface area (Å²) < 4.78 is 11.2. The molecule has 0 radical (unpaired) electrons. The van der Waals surface area contributed by atoms with Gasteiger partial charge < -0.3 is 19.7 Å². The highest BCUT2D eigenvalue weighted by molar-refractivity contribution is 5.94. The number of aryl methyl sites for hydroxylation is 1. The number of hydrogen-bond donors (Lipinski definition) is 1. The fraction of sp³-hybridized carbons (Fsp3) is 0.292. The van der Waals surface area contributed by atoms with E-state index in [2.05, 4.69) is 10.3 Å². The van der Waals surface area contributed by atoms with E-state index < -0.39 is 0 Å². The minimum Gasteiger partial charge on any atom is -0.493 e. The summed E-state index contributed by atoms with van der Waals surface area (Å²) in [6.45, 7) is 1.69. The fourth-order valence-electron chi connectivity index (χ4n) is 3.59. The number of anilines is 1. The van der Waals surface area contributed by atoms with Gasteiger partial charge in [0.2, 0.25) is 11.8 Å². The van der Waals surface area contributed by atoms with Gasteiger partial charge in [-0.3, -0.25) is 9.59 Å². The van der Waals surface area contributed by atoms with Crippen LogP contribution < -0.4 is 14.8 Å². The molecule has 0 spiro atoms. The van der Waals surface area contributed by atoms with E-state index >= 15 is 0 Å². The third kappa shape index (κ3) is 5.12. The predicted molar refractivity (Wildman–Crippen MR) is 118 cm³/mol. The second-order valence-corrected chi connectivity index (χ2v) is 7.49. The Kier molecular flexibility index (Phi) is 6.31. The standard InChI is InChI=1S/C24H25N3O4/c1-30-20-4-2-3-5-21(20)31-16-17-10-12-27(13-11-17)23(29)9-6-18-14-19-7-8-22(28)26-24(19)25-15-18/h2-6,9-10,14-15H,7-8,11-13,16H2,1H3,(H,25,26,28)/b9-6+. The zero-order chi connectivity index (χ0) is 21.6. The van der Waals surface area contributed by atoms with Crippen molar-refractivity contribution in [2.75, 3.05) is 32.1 Å². The zero-order valence-corrected chi connectivity index (χ0v) is 17.5. The maximum absolute atomic E-state index is 12.6. The van der Waals surface area contributed by atoms with E-state index in [0.29, 0.717) is 49.9 Å². The minimum absolute atomic E-state index is 0.00991. The smallest absolute Gasteiger partial charge is 0.246 e. The molecule has 0 aliphatic carbocycles. The zero-order valence-electron chi connectivity index (χ0n) is 17.5. The number of methoxy groups -OCH3 is 1. The average molecular weight is 419 g/mol. The molecule has 31 heavy (non-hydrogen) atoms. The molecular weight excluding hydrogens is 394 g/mol. The Balaban J connectivity index is 1.30. The van der Waals surface area contributed by atoms with Crippen LogP contribution in [0.1, 0.15) is 24.0 Å². The van der Waals surface area contributed by atoms with Gasteiger partial charge in [0.1, 0.15) is 12.4 Å². The van der Waals surface area contributed by atoms with Crippen LogP contribution in [0.2, 0.25) is 0 Å². The van der Waals surface area contributed by atoms with Gasteiger partial charge in [0.05, 0.1) is 7.11 Å². The van der Waals surface area contributed by atoms with Crippen LogP contribution in [0.25, 0.3) is 6.08 Å². The molecule has 2 aliphatic heterocycles. The molecule has 7 heteroatoms. The first-order chi connectivity index (χ1) is 15.1. The van der Waals surface area contributed by atoms with Crippen molar-refractivity contribution in [2.45, 2.75) is 19.3 Å². The lowest BCUT2D eigenvalue weighted by Gasteiger charge is -2.25. The Hall–Kier alpha value is -3.61. The summed E-state index contributed by atoms with van der Waals surface area (Å²) in [4.78, 5) is 30.1. The van der Waals surface area contributed by atoms with Gasteiger partial charge in [-0.15, -0.1) is 0 Å². The molecule has 0 saturated carbocycles. The van der Waals surface area contributed by atoms with Gasteiger partial charge in [-0.2, -0.15) is 0 Å². The Morgan fingerprint density at radius 2 is 2.06 bits per heavy atom. The lowest BCUT2D eigenvalue weighted by Crippen LogP contribution is -2.34. The molecule has 0 saturated heterocycles. The van der Waals surface area contributed by atoms with Crippen LogP contribution in [0.3, 0.4) is 0 Å². The Labute approximate surface area is 181 Å². The maximum Gasteiger partial charge on any atom is 0.246 e. The van der Waals surface area contributed by atoms with E-state index in [1.165, 1.54) is 5.57 Å². The molecule has 1 aromatic carbocycles. The molecule has 3 heterocycles. The van der Waals surface area contributed by atoms with Crippen LogP contribution in [0.15, 0.2) is 54.3 Å². The van der Waals surface area contributed by atoms with Gasteiger partial charge in [-0.1, -0.05) is 18.2 Å². The van der Waals surface area contributed by atoms with Crippen LogP contribution in [0.4, 0.5) is 5.82 Å². The van der Waals surface area contributed by atoms with Crippen molar-refractivity contribution in [2.24, 2.45) is 0 Å². The highest BCUT2D eigenvalue weighted by Gasteiger charge is 2.17. The van der Waals surface area contributed by atoms with Crippen molar-refractivity contribution in [1.29, 1.82) is 0 Å². The van der Waals surface area contributed by atoms with Gasteiger partial charge in [0.25, 0.3) is 0 Å². The average Bonchev–Trinajstić information content (AvgIpc) is 2.81. The number of carbonyl (C=O) groups excluding carboxylic acids is 2. The van der Waals surface area contributed by atoms with Crippen LogP contribution in [0.5, 0.6) is 11.5 Å². The molecule has 0 atom stereocenters. The van der Waals surface area contributed by atoms with Gasteiger partial charge in [0.15, 0.2) is 11.5 Å². The molecule has 160 valence electrons. The molecule has 2 amide bonds. The van der Waals surface area contributed by atoms with Crippen molar-refractivity contribution in [1.82, 2.24) is 9.88 Å². The number of benzene rings is 1. The van der Waals surface area contributed by atoms with E-state index in [-0.39, 0.29) is 11.8 Å². The van der Waals surface area contributed by atoms with Gasteiger partial charge in [-0.05, 0) is 53.8 Å². The number of pyridine rings is 1. The number of aromatic nitrogens is 1. The third-order valence-electron chi connectivity index (χ3n) is 5.38. The van der Waals surface area contributed by atoms with Crippen molar-refractivity contribution in [3.05, 3.63) is 65.4 Å². The Morgan fingerprint density at radius 3 is 2.84 bits per heavy atom. The van der Waals surface area contributed by atoms with Crippen LogP contribution in [-0.4, -0.2) is 48.5 Å². The second kappa shape index (κ2) is 9.47. The van der Waals surface area contributed by atoms with Gasteiger partial charge in [0, 0.05) is 31.8 Å². The molecule has 0 unspecified atom stereocenters. The van der Waals surface area contributed by atoms with Crippen molar-refractivity contribution < 1.29 is 19.1 Å². The van der Waals surface area contributed by atoms with Crippen LogP contribution in [-0.2, 0) is 16.0 Å². The number of rotatable bonds is 6. The first-order valence-corrected chi connectivity index (χ1v) is 10.3. The lowest BCUT2D eigenvalue weighted by molar-refractivity contribution is -0.125. The summed E-state index contributed by atoms with van der Waals surface area (Å²) in [5.41, 5.74) is 3.01. The number of nitrogens with one attached hydrogen (secondary N) is 1. The fourth-order valence-corrected chi connectivity index (χ4v) is 3.59. The van der Waals surface area contributed by atoms with E-state index in [0.717, 1.165) is 17.5 Å². The SMILES string of the molecule is COc1ccccc1OCC1=CCN(C(=O)/C=C/c2cnc3c(c2)CCC(=O)N3)CC1. The van der Waals surface area contributed by atoms with Crippen molar-refractivity contribution in [3.63, 3.8) is 0 Å². The normalized spacial score (nSPS) is 15.8. The highest BCUT2D eigenvalue weighted by atomic mass is 16.5. The topological polar surface area (TPSA) is 80.8 Å². The van der Waals surface area contributed by atoms with Crippen LogP contribution >= 0.6 is 0 Å². The number of para-hydroxylation sites is 2. The van der Waals surface area contributed by atoms with Gasteiger partial charge >= 0.3 is 0 Å². The Morgan fingerprint density at radius 1 is 1.23 bits per heavy atom. The number of ether oxygens (including phenoxy) is 2. The van der Waals surface area contributed by atoms with E-state index in [1.54, 1.807) is 30.4 Å². The molecule has 4 rings (SSSR count). The van der Waals surface area contributed by atoms with E-state index in [9.17, 15) is 9.59 Å². The summed E-state index contributed by atoms with van der Waals surface area (Å²) in [7, 11) is 1.62. The number of nitrogens with zero attached hydrogens (tertiary/aromatic N) is 2. The number of carbonyl (C=O) groups is 2. The largest absolute Gasteiger partial charge is 0.493 e. The summed E-state index contributed by atoms with van der Waals surface area (Å²) in [6.07, 6.45) is 8.97. The summed E-state index contributed by atoms with van der Waals surface area (Å²) >= 11 is 0. The molecule has 2 aliphatic rings.